The molecule has 1 aliphatic rings. The van der Waals surface area contributed by atoms with Crippen LogP contribution in [0.3, 0.4) is 0 Å². The van der Waals surface area contributed by atoms with E-state index in [1.165, 1.54) is 0 Å². The number of hydrogen-bond donors (Lipinski definition) is 1. The van der Waals surface area contributed by atoms with Gasteiger partial charge in [0.25, 0.3) is 11.5 Å². The Hall–Kier alpha value is -2.88. The lowest BCUT2D eigenvalue weighted by molar-refractivity contribution is 0.0788. The zero-order valence-corrected chi connectivity index (χ0v) is 13.3. The van der Waals surface area contributed by atoms with Gasteiger partial charge < -0.3 is 9.88 Å². The number of aromatic nitrogens is 1. The average molecular weight is 318 g/mol. The lowest BCUT2D eigenvalue weighted by Gasteiger charge is -2.19. The summed E-state index contributed by atoms with van der Waals surface area (Å²) in [7, 11) is 0. The van der Waals surface area contributed by atoms with Crippen molar-refractivity contribution in [3.8, 4) is 11.1 Å². The lowest BCUT2D eigenvalue weighted by atomic mass is 9.97. The minimum atomic E-state index is -0.215. The van der Waals surface area contributed by atoms with Gasteiger partial charge in [-0.1, -0.05) is 48.5 Å². The Morgan fingerprint density at radius 2 is 1.50 bits per heavy atom. The van der Waals surface area contributed by atoms with Gasteiger partial charge in [-0.2, -0.15) is 0 Å². The van der Waals surface area contributed by atoms with E-state index in [0.29, 0.717) is 11.1 Å². The molecule has 1 N–H and O–H groups in total. The van der Waals surface area contributed by atoms with E-state index in [1.54, 1.807) is 6.07 Å². The fourth-order valence-electron chi connectivity index (χ4n) is 3.42. The minimum Gasteiger partial charge on any atom is -0.337 e. The number of aromatic amines is 1. The van der Waals surface area contributed by atoms with Crippen LogP contribution in [-0.4, -0.2) is 28.9 Å². The molecule has 4 rings (SSSR count). The highest BCUT2D eigenvalue weighted by atomic mass is 16.2. The predicted octanol–water partition coefficient (Wildman–Crippen LogP) is 3.43. The number of rotatable bonds is 2. The van der Waals surface area contributed by atoms with Gasteiger partial charge in [0.2, 0.25) is 0 Å². The van der Waals surface area contributed by atoms with Crippen LogP contribution in [0.15, 0.2) is 59.4 Å². The molecule has 1 aromatic heterocycles. The number of nitrogens with one attached hydrogen (secondary N) is 1. The van der Waals surface area contributed by atoms with Crippen LogP contribution in [-0.2, 0) is 0 Å². The Morgan fingerprint density at radius 1 is 0.875 bits per heavy atom. The molecular formula is C20H18N2O2. The number of fused-ring (bicyclic) bond motifs is 1. The SMILES string of the molecule is O=C(c1[nH]c(=O)c2ccccc2c1-c1ccccc1)N1CCCC1. The van der Waals surface area contributed by atoms with Gasteiger partial charge in [-0.3, -0.25) is 9.59 Å². The van der Waals surface area contributed by atoms with Crippen LogP contribution in [0.1, 0.15) is 23.3 Å². The summed E-state index contributed by atoms with van der Waals surface area (Å²) in [4.78, 5) is 30.1. The molecular weight excluding hydrogens is 300 g/mol. The summed E-state index contributed by atoms with van der Waals surface area (Å²) >= 11 is 0. The maximum Gasteiger partial charge on any atom is 0.271 e. The van der Waals surface area contributed by atoms with E-state index in [2.05, 4.69) is 4.98 Å². The first-order valence-corrected chi connectivity index (χ1v) is 8.25. The first-order valence-electron chi connectivity index (χ1n) is 8.25. The van der Waals surface area contributed by atoms with Gasteiger partial charge in [-0.05, 0) is 29.9 Å². The van der Waals surface area contributed by atoms with Gasteiger partial charge in [0.15, 0.2) is 0 Å². The van der Waals surface area contributed by atoms with Gasteiger partial charge in [0.1, 0.15) is 5.69 Å². The third kappa shape index (κ3) is 2.40. The summed E-state index contributed by atoms with van der Waals surface area (Å²) in [5.74, 6) is -0.0887. The second-order valence-corrected chi connectivity index (χ2v) is 6.12. The molecule has 0 aliphatic carbocycles. The molecule has 2 heterocycles. The van der Waals surface area contributed by atoms with Crippen LogP contribution in [0, 0.1) is 0 Å². The Labute approximate surface area is 139 Å². The first kappa shape index (κ1) is 14.7. The zero-order chi connectivity index (χ0) is 16.5. The number of pyridine rings is 1. The van der Waals surface area contributed by atoms with Gasteiger partial charge in [-0.25, -0.2) is 0 Å². The predicted molar refractivity (Wildman–Crippen MR) is 95.1 cm³/mol. The van der Waals surface area contributed by atoms with Gasteiger partial charge in [0.05, 0.1) is 0 Å². The Balaban J connectivity index is 2.02. The number of carbonyl (C=O) groups is 1. The normalized spacial score (nSPS) is 14.2. The van der Waals surface area contributed by atoms with E-state index in [0.717, 1.165) is 42.4 Å². The molecule has 4 heteroatoms. The molecule has 0 spiro atoms. The third-order valence-corrected chi connectivity index (χ3v) is 4.60. The van der Waals surface area contributed by atoms with Crippen molar-refractivity contribution in [3.05, 3.63) is 70.6 Å². The molecule has 1 saturated heterocycles. The molecule has 24 heavy (non-hydrogen) atoms. The summed E-state index contributed by atoms with van der Waals surface area (Å²) in [6, 6.07) is 17.2. The zero-order valence-electron chi connectivity index (χ0n) is 13.3. The maximum absolute atomic E-state index is 13.0. The topological polar surface area (TPSA) is 53.2 Å². The maximum atomic E-state index is 13.0. The Bertz CT molecular complexity index is 954. The van der Waals surface area contributed by atoms with Crippen LogP contribution in [0.5, 0.6) is 0 Å². The molecule has 0 radical (unpaired) electrons. The highest BCUT2D eigenvalue weighted by Crippen LogP contribution is 2.30. The number of likely N-dealkylation sites (tertiary alicyclic amines) is 1. The van der Waals surface area contributed by atoms with Crippen LogP contribution in [0.25, 0.3) is 21.9 Å². The van der Waals surface area contributed by atoms with Gasteiger partial charge >= 0.3 is 0 Å². The highest BCUT2D eigenvalue weighted by molar-refractivity contribution is 6.08. The molecule has 3 aromatic rings. The second-order valence-electron chi connectivity index (χ2n) is 6.12. The summed E-state index contributed by atoms with van der Waals surface area (Å²) in [5.41, 5.74) is 1.93. The number of amides is 1. The van der Waals surface area contributed by atoms with Crippen LogP contribution < -0.4 is 5.56 Å². The molecule has 1 aliphatic heterocycles. The smallest absolute Gasteiger partial charge is 0.271 e. The summed E-state index contributed by atoms with van der Waals surface area (Å²) in [6.07, 6.45) is 2.04. The van der Waals surface area contributed by atoms with Gasteiger partial charge in [-0.15, -0.1) is 0 Å². The van der Waals surface area contributed by atoms with Crippen molar-refractivity contribution in [2.24, 2.45) is 0 Å². The molecule has 1 fully saturated rings. The molecule has 4 nitrogen and oxygen atoms in total. The first-order chi connectivity index (χ1) is 11.8. The molecule has 1 amide bonds. The number of benzene rings is 2. The number of nitrogens with zero attached hydrogens (tertiary/aromatic N) is 1. The molecule has 0 bridgehead atoms. The van der Waals surface area contributed by atoms with E-state index in [4.69, 9.17) is 0 Å². The van der Waals surface area contributed by atoms with Crippen molar-refractivity contribution < 1.29 is 4.79 Å². The van der Waals surface area contributed by atoms with Crippen molar-refractivity contribution in [2.75, 3.05) is 13.1 Å². The van der Waals surface area contributed by atoms with E-state index in [-0.39, 0.29) is 11.5 Å². The summed E-state index contributed by atoms with van der Waals surface area (Å²) in [5, 5.41) is 1.42. The average Bonchev–Trinajstić information content (AvgIpc) is 3.16. The highest BCUT2D eigenvalue weighted by Gasteiger charge is 2.25. The Morgan fingerprint density at radius 3 is 2.21 bits per heavy atom. The van der Waals surface area contributed by atoms with Crippen molar-refractivity contribution in [2.45, 2.75) is 12.8 Å². The van der Waals surface area contributed by atoms with Crippen molar-refractivity contribution >= 4 is 16.7 Å². The third-order valence-electron chi connectivity index (χ3n) is 4.60. The van der Waals surface area contributed by atoms with Crippen LogP contribution >= 0.6 is 0 Å². The number of hydrogen-bond acceptors (Lipinski definition) is 2. The van der Waals surface area contributed by atoms with Crippen LogP contribution in [0.2, 0.25) is 0 Å². The summed E-state index contributed by atoms with van der Waals surface area (Å²) in [6.45, 7) is 1.50. The van der Waals surface area contributed by atoms with Crippen LogP contribution in [0.4, 0.5) is 0 Å². The van der Waals surface area contributed by atoms with E-state index < -0.39 is 0 Å². The Kier molecular flexibility index (Phi) is 3.65. The van der Waals surface area contributed by atoms with Crippen molar-refractivity contribution in [3.63, 3.8) is 0 Å². The monoisotopic (exact) mass is 318 g/mol. The summed E-state index contributed by atoms with van der Waals surface area (Å²) < 4.78 is 0. The molecule has 120 valence electrons. The number of H-pyrrole nitrogens is 1. The fraction of sp³-hybridized carbons (Fsp3) is 0.200. The largest absolute Gasteiger partial charge is 0.337 e. The molecule has 0 saturated carbocycles. The molecule has 0 unspecified atom stereocenters. The lowest BCUT2D eigenvalue weighted by Crippen LogP contribution is -2.30. The van der Waals surface area contributed by atoms with Gasteiger partial charge in [0, 0.05) is 24.0 Å². The van der Waals surface area contributed by atoms with E-state index in [1.807, 2.05) is 53.4 Å². The number of carbonyl (C=O) groups excluding carboxylic acids is 1. The second kappa shape index (κ2) is 5.96. The van der Waals surface area contributed by atoms with E-state index >= 15 is 0 Å². The molecule has 0 atom stereocenters. The molecule has 2 aromatic carbocycles. The fourth-order valence-corrected chi connectivity index (χ4v) is 3.42. The van der Waals surface area contributed by atoms with E-state index in [9.17, 15) is 9.59 Å². The van der Waals surface area contributed by atoms with Crippen molar-refractivity contribution in [1.29, 1.82) is 0 Å². The van der Waals surface area contributed by atoms with Crippen molar-refractivity contribution in [1.82, 2.24) is 9.88 Å². The standard InChI is InChI=1S/C20H18N2O2/c23-19-16-11-5-4-10-15(16)17(14-8-2-1-3-9-14)18(21-19)20(24)22-12-6-7-13-22/h1-5,8-11H,6-7,12-13H2,(H,21,23). The quantitative estimate of drug-likeness (QED) is 0.787. The minimum absolute atomic E-state index is 0.0887.